The predicted octanol–water partition coefficient (Wildman–Crippen LogP) is 7.06. The predicted molar refractivity (Wildman–Crippen MR) is 139 cm³/mol. The lowest BCUT2D eigenvalue weighted by atomic mass is 10.0. The van der Waals surface area contributed by atoms with Gasteiger partial charge in [0.05, 0.1) is 19.4 Å². The summed E-state index contributed by atoms with van der Waals surface area (Å²) in [6.45, 7) is 6.98. The van der Waals surface area contributed by atoms with Crippen molar-refractivity contribution in [2.45, 2.75) is 27.2 Å². The standard InChI is InChI=1S/C26H27N3O3S2/c1-5-32-19-10-8-17(9-11-19)23-22(13-16(2)3)34-26(28-23)29-24-20(25(30)31-4)14-18(15-27-24)21-7-6-12-33-21/h6-12,14-16H,5,13H2,1-4H3,(H,27,28,29). The summed E-state index contributed by atoms with van der Waals surface area (Å²) in [5.74, 6) is 1.29. The second-order valence-electron chi connectivity index (χ2n) is 8.06. The first-order valence-corrected chi connectivity index (χ1v) is 12.8. The van der Waals surface area contributed by atoms with Crippen LogP contribution in [0, 0.1) is 5.92 Å². The number of anilines is 2. The number of carbonyl (C=O) groups is 1. The molecule has 0 unspecified atom stereocenters. The van der Waals surface area contributed by atoms with Crippen LogP contribution in [0.1, 0.15) is 36.0 Å². The zero-order valence-electron chi connectivity index (χ0n) is 19.6. The summed E-state index contributed by atoms with van der Waals surface area (Å²) in [4.78, 5) is 24.2. The first kappa shape index (κ1) is 23.9. The molecule has 176 valence electrons. The van der Waals surface area contributed by atoms with E-state index in [1.807, 2.05) is 54.8 Å². The van der Waals surface area contributed by atoms with Crippen molar-refractivity contribution in [1.29, 1.82) is 0 Å². The number of rotatable bonds is 9. The van der Waals surface area contributed by atoms with Crippen LogP contribution in [-0.4, -0.2) is 29.7 Å². The molecule has 3 aromatic heterocycles. The fraction of sp³-hybridized carbons (Fsp3) is 0.269. The molecule has 0 saturated carbocycles. The SMILES string of the molecule is CCOc1ccc(-c2nc(Nc3ncc(-c4cccs4)cc3C(=O)OC)sc2CC(C)C)cc1. The number of nitrogens with zero attached hydrogens (tertiary/aromatic N) is 2. The first-order valence-electron chi connectivity index (χ1n) is 11.1. The van der Waals surface area contributed by atoms with Gasteiger partial charge in [-0.15, -0.1) is 22.7 Å². The van der Waals surface area contributed by atoms with Crippen molar-refractivity contribution in [3.63, 3.8) is 0 Å². The van der Waals surface area contributed by atoms with Crippen molar-refractivity contribution in [2.24, 2.45) is 5.92 Å². The number of thiazole rings is 1. The lowest BCUT2D eigenvalue weighted by molar-refractivity contribution is 0.0601. The Labute approximate surface area is 207 Å². The highest BCUT2D eigenvalue weighted by atomic mass is 32.1. The van der Waals surface area contributed by atoms with Crippen LogP contribution in [0.5, 0.6) is 5.75 Å². The second-order valence-corrected chi connectivity index (χ2v) is 10.1. The van der Waals surface area contributed by atoms with E-state index in [0.717, 1.165) is 33.9 Å². The summed E-state index contributed by atoms with van der Waals surface area (Å²) in [7, 11) is 1.37. The van der Waals surface area contributed by atoms with Crippen molar-refractivity contribution in [2.75, 3.05) is 19.0 Å². The molecule has 4 rings (SSSR count). The molecule has 0 aliphatic heterocycles. The highest BCUT2D eigenvalue weighted by molar-refractivity contribution is 7.16. The normalized spacial score (nSPS) is 11.0. The number of nitrogens with one attached hydrogen (secondary N) is 1. The molecule has 0 saturated heterocycles. The third-order valence-corrected chi connectivity index (χ3v) is 6.97. The Morgan fingerprint density at radius 2 is 1.94 bits per heavy atom. The molecule has 0 fully saturated rings. The zero-order chi connectivity index (χ0) is 24.1. The van der Waals surface area contributed by atoms with Gasteiger partial charge < -0.3 is 14.8 Å². The number of esters is 1. The number of ether oxygens (including phenoxy) is 2. The van der Waals surface area contributed by atoms with Crippen LogP contribution in [0.25, 0.3) is 21.7 Å². The molecule has 0 aliphatic rings. The Bertz CT molecular complexity index is 1250. The Morgan fingerprint density at radius 3 is 2.59 bits per heavy atom. The summed E-state index contributed by atoms with van der Waals surface area (Å²) in [5, 5.41) is 5.95. The van der Waals surface area contributed by atoms with Gasteiger partial charge in [0.1, 0.15) is 17.1 Å². The van der Waals surface area contributed by atoms with E-state index in [1.165, 1.54) is 12.0 Å². The Morgan fingerprint density at radius 1 is 1.15 bits per heavy atom. The van der Waals surface area contributed by atoms with Crippen molar-refractivity contribution >= 4 is 39.6 Å². The van der Waals surface area contributed by atoms with Crippen LogP contribution in [0.4, 0.5) is 10.9 Å². The van der Waals surface area contributed by atoms with Gasteiger partial charge in [-0.1, -0.05) is 19.9 Å². The average Bonchev–Trinajstić information content (AvgIpc) is 3.50. The Hall–Kier alpha value is -3.23. The molecule has 1 aromatic carbocycles. The highest BCUT2D eigenvalue weighted by Crippen LogP contribution is 2.36. The lowest BCUT2D eigenvalue weighted by Gasteiger charge is -2.09. The summed E-state index contributed by atoms with van der Waals surface area (Å²) in [5.41, 5.74) is 3.20. The summed E-state index contributed by atoms with van der Waals surface area (Å²) < 4.78 is 10.6. The maximum Gasteiger partial charge on any atom is 0.341 e. The fourth-order valence-corrected chi connectivity index (χ4v) is 5.43. The van der Waals surface area contributed by atoms with Crippen LogP contribution in [0.2, 0.25) is 0 Å². The van der Waals surface area contributed by atoms with Gasteiger partial charge in [-0.2, -0.15) is 0 Å². The van der Waals surface area contributed by atoms with Crippen LogP contribution in [0.3, 0.4) is 0 Å². The molecule has 4 aromatic rings. The van der Waals surface area contributed by atoms with Gasteiger partial charge in [-0.05, 0) is 61.0 Å². The summed E-state index contributed by atoms with van der Waals surface area (Å²) >= 11 is 3.17. The number of benzene rings is 1. The Kier molecular flexibility index (Phi) is 7.59. The summed E-state index contributed by atoms with van der Waals surface area (Å²) in [6, 6.07) is 13.8. The van der Waals surface area contributed by atoms with Crippen LogP contribution < -0.4 is 10.1 Å². The molecule has 6 nitrogen and oxygen atoms in total. The largest absolute Gasteiger partial charge is 0.494 e. The number of hydrogen-bond donors (Lipinski definition) is 1. The van der Waals surface area contributed by atoms with E-state index in [2.05, 4.69) is 24.1 Å². The molecule has 0 radical (unpaired) electrons. The maximum absolute atomic E-state index is 12.5. The van der Waals surface area contributed by atoms with Gasteiger partial charge in [0.25, 0.3) is 0 Å². The zero-order valence-corrected chi connectivity index (χ0v) is 21.3. The van der Waals surface area contributed by atoms with E-state index in [1.54, 1.807) is 28.9 Å². The van der Waals surface area contributed by atoms with Gasteiger partial charge in [0, 0.05) is 27.1 Å². The molecule has 0 amide bonds. The van der Waals surface area contributed by atoms with E-state index < -0.39 is 5.97 Å². The number of aromatic nitrogens is 2. The smallest absolute Gasteiger partial charge is 0.341 e. The molecule has 0 spiro atoms. The van der Waals surface area contributed by atoms with Gasteiger partial charge in [0.15, 0.2) is 5.13 Å². The summed E-state index contributed by atoms with van der Waals surface area (Å²) in [6.07, 6.45) is 2.66. The number of carbonyl (C=O) groups excluding carboxylic acids is 1. The van der Waals surface area contributed by atoms with Crippen molar-refractivity contribution in [1.82, 2.24) is 9.97 Å². The Balaban J connectivity index is 1.69. The van der Waals surface area contributed by atoms with Crippen molar-refractivity contribution < 1.29 is 14.3 Å². The number of pyridine rings is 1. The van der Waals surface area contributed by atoms with Gasteiger partial charge >= 0.3 is 5.97 Å². The van der Waals surface area contributed by atoms with E-state index in [-0.39, 0.29) is 0 Å². The highest BCUT2D eigenvalue weighted by Gasteiger charge is 2.19. The van der Waals surface area contributed by atoms with E-state index >= 15 is 0 Å². The molecule has 8 heteroatoms. The van der Waals surface area contributed by atoms with Crippen molar-refractivity contribution in [3.05, 3.63) is 64.5 Å². The van der Waals surface area contributed by atoms with Gasteiger partial charge in [-0.3, -0.25) is 0 Å². The molecular formula is C26H27N3O3S2. The minimum Gasteiger partial charge on any atom is -0.494 e. The van der Waals surface area contributed by atoms with Crippen LogP contribution >= 0.6 is 22.7 Å². The van der Waals surface area contributed by atoms with Crippen LogP contribution in [-0.2, 0) is 11.2 Å². The third kappa shape index (κ3) is 5.46. The van der Waals surface area contributed by atoms with Gasteiger partial charge in [0.2, 0.25) is 0 Å². The van der Waals surface area contributed by atoms with Gasteiger partial charge in [-0.25, -0.2) is 14.8 Å². The monoisotopic (exact) mass is 493 g/mol. The topological polar surface area (TPSA) is 73.3 Å². The minimum atomic E-state index is -0.445. The van der Waals surface area contributed by atoms with E-state index in [0.29, 0.717) is 29.0 Å². The quantitative estimate of drug-likeness (QED) is 0.252. The lowest BCUT2D eigenvalue weighted by Crippen LogP contribution is -2.07. The second kappa shape index (κ2) is 10.8. The molecule has 34 heavy (non-hydrogen) atoms. The number of methoxy groups -OCH3 is 1. The van der Waals surface area contributed by atoms with E-state index in [4.69, 9.17) is 14.5 Å². The molecule has 0 bridgehead atoms. The molecule has 0 aliphatic carbocycles. The van der Waals surface area contributed by atoms with E-state index in [9.17, 15) is 4.79 Å². The van der Waals surface area contributed by atoms with Crippen LogP contribution in [0.15, 0.2) is 54.0 Å². The maximum atomic E-state index is 12.5. The first-order chi connectivity index (χ1) is 16.5. The molecule has 0 atom stereocenters. The third-order valence-electron chi connectivity index (χ3n) is 5.05. The average molecular weight is 494 g/mol. The van der Waals surface area contributed by atoms with Crippen molar-refractivity contribution in [3.8, 4) is 27.4 Å². The fourth-order valence-electron chi connectivity index (χ4n) is 3.52. The minimum absolute atomic E-state index is 0.372. The number of thiophene rings is 1. The molecular weight excluding hydrogens is 466 g/mol. The molecule has 3 heterocycles. The number of hydrogen-bond acceptors (Lipinski definition) is 8. The molecule has 1 N–H and O–H groups in total.